The summed E-state index contributed by atoms with van der Waals surface area (Å²) in [6.45, 7) is 4.16. The second-order valence-corrected chi connectivity index (χ2v) is 4.82. The minimum absolute atomic E-state index is 0.139. The van der Waals surface area contributed by atoms with E-state index in [0.717, 1.165) is 11.4 Å². The highest BCUT2D eigenvalue weighted by atomic mass is 16.5. The molecule has 1 heterocycles. The lowest BCUT2D eigenvalue weighted by Gasteiger charge is -2.10. The summed E-state index contributed by atoms with van der Waals surface area (Å²) in [5.41, 5.74) is 3.05. The molecule has 0 atom stereocenters. The van der Waals surface area contributed by atoms with E-state index < -0.39 is 5.97 Å². The third-order valence-electron chi connectivity index (χ3n) is 3.29. The molecular weight excluding hydrogens is 268 g/mol. The first-order chi connectivity index (χ1) is 10.0. The van der Waals surface area contributed by atoms with Gasteiger partial charge in [-0.1, -0.05) is 6.07 Å². The molecule has 0 unspecified atom stereocenters. The van der Waals surface area contributed by atoms with Crippen LogP contribution in [0.3, 0.4) is 0 Å². The Morgan fingerprint density at radius 1 is 1.14 bits per heavy atom. The fourth-order valence-corrected chi connectivity index (χ4v) is 2.13. The molecule has 0 bridgehead atoms. The standard InChI is InChI=1S/C16H18N2O3/c1-11-7-8-12(2)18(11)10-15(19)17-14-6-4-5-13(9-14)16(20)21-3/h4-9H,10H2,1-3H3,(H,17,19). The zero-order valence-corrected chi connectivity index (χ0v) is 12.3. The summed E-state index contributed by atoms with van der Waals surface area (Å²) in [5, 5.41) is 2.79. The number of aromatic nitrogens is 1. The molecule has 0 aliphatic rings. The van der Waals surface area contributed by atoms with Crippen LogP contribution >= 0.6 is 0 Å². The van der Waals surface area contributed by atoms with Crippen molar-refractivity contribution in [2.45, 2.75) is 20.4 Å². The second kappa shape index (κ2) is 6.26. The first-order valence-corrected chi connectivity index (χ1v) is 6.62. The first-order valence-electron chi connectivity index (χ1n) is 6.62. The number of carbonyl (C=O) groups is 2. The molecule has 1 aromatic heterocycles. The van der Waals surface area contributed by atoms with Gasteiger partial charge in [-0.25, -0.2) is 4.79 Å². The Morgan fingerprint density at radius 2 is 1.81 bits per heavy atom. The van der Waals surface area contributed by atoms with E-state index in [0.29, 0.717) is 11.3 Å². The van der Waals surface area contributed by atoms with E-state index >= 15 is 0 Å². The molecule has 1 amide bonds. The second-order valence-electron chi connectivity index (χ2n) is 4.82. The Balaban J connectivity index is 2.08. The van der Waals surface area contributed by atoms with Crippen LogP contribution in [0.5, 0.6) is 0 Å². The van der Waals surface area contributed by atoms with E-state index in [-0.39, 0.29) is 12.5 Å². The molecule has 21 heavy (non-hydrogen) atoms. The van der Waals surface area contributed by atoms with E-state index in [4.69, 9.17) is 0 Å². The first kappa shape index (κ1) is 14.8. The summed E-state index contributed by atoms with van der Waals surface area (Å²) in [4.78, 5) is 23.5. The molecule has 2 aromatic rings. The molecule has 0 aliphatic carbocycles. The molecule has 5 nitrogen and oxygen atoms in total. The normalized spacial score (nSPS) is 10.2. The number of hydrogen-bond donors (Lipinski definition) is 1. The maximum atomic E-state index is 12.1. The summed E-state index contributed by atoms with van der Waals surface area (Å²) < 4.78 is 6.59. The zero-order chi connectivity index (χ0) is 15.4. The number of aryl methyl sites for hydroxylation is 2. The van der Waals surface area contributed by atoms with E-state index in [9.17, 15) is 9.59 Å². The Morgan fingerprint density at radius 3 is 2.43 bits per heavy atom. The number of esters is 1. The van der Waals surface area contributed by atoms with Gasteiger partial charge in [-0.15, -0.1) is 0 Å². The number of nitrogens with zero attached hydrogens (tertiary/aromatic N) is 1. The molecule has 0 saturated carbocycles. The third kappa shape index (κ3) is 3.51. The van der Waals surface area contributed by atoms with Gasteiger partial charge in [0.2, 0.25) is 5.91 Å². The predicted octanol–water partition coefficient (Wildman–Crippen LogP) is 2.53. The molecule has 1 N–H and O–H groups in total. The van der Waals surface area contributed by atoms with Gasteiger partial charge in [-0.3, -0.25) is 4.79 Å². The van der Waals surface area contributed by atoms with Crippen LogP contribution in [0.15, 0.2) is 36.4 Å². The Labute approximate surface area is 123 Å². The van der Waals surface area contributed by atoms with Crippen LogP contribution in [0.1, 0.15) is 21.7 Å². The monoisotopic (exact) mass is 286 g/mol. The van der Waals surface area contributed by atoms with Crippen LogP contribution in [0.2, 0.25) is 0 Å². The maximum absolute atomic E-state index is 12.1. The molecule has 110 valence electrons. The van der Waals surface area contributed by atoms with E-state index in [1.165, 1.54) is 7.11 Å². The molecule has 1 aromatic carbocycles. The third-order valence-corrected chi connectivity index (χ3v) is 3.29. The van der Waals surface area contributed by atoms with Crippen LogP contribution in [-0.2, 0) is 16.1 Å². The number of benzene rings is 1. The molecule has 0 saturated heterocycles. The fraction of sp³-hybridized carbons (Fsp3) is 0.250. The highest BCUT2D eigenvalue weighted by molar-refractivity contribution is 5.94. The zero-order valence-electron chi connectivity index (χ0n) is 12.3. The van der Waals surface area contributed by atoms with E-state index in [2.05, 4.69) is 10.1 Å². The molecule has 0 spiro atoms. The number of nitrogens with one attached hydrogen (secondary N) is 1. The van der Waals surface area contributed by atoms with Gasteiger partial charge in [-0.05, 0) is 44.2 Å². The van der Waals surface area contributed by atoms with Crippen molar-refractivity contribution in [1.29, 1.82) is 0 Å². The number of anilines is 1. The smallest absolute Gasteiger partial charge is 0.337 e. The highest BCUT2D eigenvalue weighted by Crippen LogP contribution is 2.12. The lowest BCUT2D eigenvalue weighted by Crippen LogP contribution is -2.20. The number of ether oxygens (including phenoxy) is 1. The molecule has 0 radical (unpaired) electrons. The Kier molecular flexibility index (Phi) is 4.42. The maximum Gasteiger partial charge on any atom is 0.337 e. The summed E-state index contributed by atoms with van der Waals surface area (Å²) >= 11 is 0. The minimum atomic E-state index is -0.428. The van der Waals surface area contributed by atoms with Crippen molar-refractivity contribution < 1.29 is 14.3 Å². The van der Waals surface area contributed by atoms with Crippen molar-refractivity contribution in [1.82, 2.24) is 4.57 Å². The van der Waals surface area contributed by atoms with Crippen molar-refractivity contribution in [3.05, 3.63) is 53.3 Å². The van der Waals surface area contributed by atoms with Crippen molar-refractivity contribution in [3.8, 4) is 0 Å². The molecule has 0 aliphatic heterocycles. The van der Waals surface area contributed by atoms with E-state index in [1.807, 2.05) is 30.5 Å². The summed E-state index contributed by atoms with van der Waals surface area (Å²) in [6.07, 6.45) is 0. The number of hydrogen-bond acceptors (Lipinski definition) is 3. The number of carbonyl (C=O) groups excluding carboxylic acids is 2. The van der Waals surface area contributed by atoms with Gasteiger partial charge in [-0.2, -0.15) is 0 Å². The van der Waals surface area contributed by atoms with Gasteiger partial charge >= 0.3 is 5.97 Å². The summed E-state index contributed by atoms with van der Waals surface area (Å²) in [6, 6.07) is 10.6. The van der Waals surface area contributed by atoms with Gasteiger partial charge in [0.05, 0.1) is 12.7 Å². The fourth-order valence-electron chi connectivity index (χ4n) is 2.13. The van der Waals surface area contributed by atoms with Gasteiger partial charge in [0.25, 0.3) is 0 Å². The van der Waals surface area contributed by atoms with Crippen LogP contribution in [0.25, 0.3) is 0 Å². The van der Waals surface area contributed by atoms with Gasteiger partial charge < -0.3 is 14.6 Å². The number of methoxy groups -OCH3 is 1. The quantitative estimate of drug-likeness (QED) is 0.879. The minimum Gasteiger partial charge on any atom is -0.465 e. The van der Waals surface area contributed by atoms with Gasteiger partial charge in [0, 0.05) is 17.1 Å². The Bertz CT molecular complexity index is 654. The van der Waals surface area contributed by atoms with Crippen LogP contribution in [0, 0.1) is 13.8 Å². The number of rotatable bonds is 4. The summed E-state index contributed by atoms with van der Waals surface area (Å²) in [7, 11) is 1.32. The van der Waals surface area contributed by atoms with Crippen LogP contribution in [0.4, 0.5) is 5.69 Å². The largest absolute Gasteiger partial charge is 0.465 e. The van der Waals surface area contributed by atoms with Crippen LogP contribution < -0.4 is 5.32 Å². The Hall–Kier alpha value is -2.56. The molecule has 2 rings (SSSR count). The molecule has 0 fully saturated rings. The highest BCUT2D eigenvalue weighted by Gasteiger charge is 2.10. The average molecular weight is 286 g/mol. The average Bonchev–Trinajstić information content (AvgIpc) is 2.78. The summed E-state index contributed by atoms with van der Waals surface area (Å²) in [5.74, 6) is -0.567. The van der Waals surface area contributed by atoms with Crippen LogP contribution in [-0.4, -0.2) is 23.6 Å². The lowest BCUT2D eigenvalue weighted by molar-refractivity contribution is -0.116. The van der Waals surface area contributed by atoms with Crippen molar-refractivity contribution >= 4 is 17.6 Å². The van der Waals surface area contributed by atoms with Crippen molar-refractivity contribution in [3.63, 3.8) is 0 Å². The topological polar surface area (TPSA) is 60.3 Å². The van der Waals surface area contributed by atoms with Crippen molar-refractivity contribution in [2.24, 2.45) is 0 Å². The SMILES string of the molecule is COC(=O)c1cccc(NC(=O)Cn2c(C)ccc2C)c1. The predicted molar refractivity (Wildman–Crippen MR) is 80.3 cm³/mol. The molecular formula is C16H18N2O3. The van der Waals surface area contributed by atoms with Gasteiger partial charge in [0.15, 0.2) is 0 Å². The van der Waals surface area contributed by atoms with Crippen molar-refractivity contribution in [2.75, 3.05) is 12.4 Å². The van der Waals surface area contributed by atoms with Gasteiger partial charge in [0.1, 0.15) is 6.54 Å². The van der Waals surface area contributed by atoms with E-state index in [1.54, 1.807) is 24.3 Å². The number of amides is 1. The lowest BCUT2D eigenvalue weighted by atomic mass is 10.2. The molecule has 5 heteroatoms.